The Morgan fingerprint density at radius 3 is 2.30 bits per heavy atom. The lowest BCUT2D eigenvalue weighted by Crippen LogP contribution is -2.43. The van der Waals surface area contributed by atoms with E-state index >= 15 is 0 Å². The Kier molecular flexibility index (Phi) is 8.41. The van der Waals surface area contributed by atoms with Gasteiger partial charge in [-0.1, -0.05) is 57.3 Å². The number of benzene rings is 2. The smallest absolute Gasteiger partial charge is 0.328 e. The molecule has 0 saturated heterocycles. The Balaban J connectivity index is 2.13. The maximum Gasteiger partial charge on any atom is 0.328 e. The number of carbonyl (C=O) groups is 2. The summed E-state index contributed by atoms with van der Waals surface area (Å²) in [5, 5.41) is 3.79. The topological polar surface area (TPSA) is 64.6 Å². The number of esters is 1. The lowest BCUT2D eigenvalue weighted by Gasteiger charge is -2.18. The Labute approximate surface area is 176 Å². The lowest BCUT2D eigenvalue weighted by atomic mass is 10.0. The number of ether oxygens (including phenoxy) is 2. The van der Waals surface area contributed by atoms with E-state index in [4.69, 9.17) is 32.7 Å². The van der Waals surface area contributed by atoms with Crippen molar-refractivity contribution in [3.05, 3.63) is 63.6 Å². The fourth-order valence-corrected chi connectivity index (χ4v) is 3.13. The van der Waals surface area contributed by atoms with Crippen molar-refractivity contribution in [3.63, 3.8) is 0 Å². The minimum Gasteiger partial charge on any atom is -0.493 e. The summed E-state index contributed by atoms with van der Waals surface area (Å²) < 4.78 is 10.3. The highest BCUT2D eigenvalue weighted by Gasteiger charge is 2.24. The third kappa shape index (κ3) is 6.13. The molecule has 1 atom stereocenters. The number of carbonyl (C=O) groups excluding carboxylic acids is 2. The normalized spacial score (nSPS) is 11.6. The maximum atomic E-state index is 12.6. The highest BCUT2D eigenvalue weighted by atomic mass is 79.9. The first-order valence-electron chi connectivity index (χ1n) is 8.06. The summed E-state index contributed by atoms with van der Waals surface area (Å²) in [6.07, 6.45) is 0.249. The summed E-state index contributed by atoms with van der Waals surface area (Å²) >= 11 is 15.4. The minimum absolute atomic E-state index is 0.119. The molecule has 2 rings (SSSR count). The van der Waals surface area contributed by atoms with Crippen LogP contribution in [0.2, 0.25) is 10.0 Å². The molecule has 1 amide bonds. The molecule has 0 fully saturated rings. The van der Waals surface area contributed by atoms with E-state index in [2.05, 4.69) is 21.2 Å². The van der Waals surface area contributed by atoms with Crippen LogP contribution in [-0.2, 0) is 16.0 Å². The van der Waals surface area contributed by atoms with Crippen LogP contribution in [0.1, 0.15) is 15.9 Å². The second kappa shape index (κ2) is 10.5. The third-order valence-electron chi connectivity index (χ3n) is 3.69. The number of hydrogen-bond acceptors (Lipinski definition) is 4. The molecule has 0 spiro atoms. The van der Waals surface area contributed by atoms with Gasteiger partial charge in [-0.25, -0.2) is 4.79 Å². The van der Waals surface area contributed by atoms with Gasteiger partial charge in [0.05, 0.1) is 29.3 Å². The van der Waals surface area contributed by atoms with E-state index in [1.807, 2.05) is 12.1 Å². The summed E-state index contributed by atoms with van der Waals surface area (Å²) in [4.78, 5) is 24.7. The number of halogens is 3. The molecule has 0 saturated carbocycles. The summed E-state index contributed by atoms with van der Waals surface area (Å²) in [5.74, 6) is -0.385. The van der Waals surface area contributed by atoms with E-state index in [1.54, 1.807) is 30.3 Å². The van der Waals surface area contributed by atoms with Gasteiger partial charge in [-0.2, -0.15) is 0 Å². The first-order valence-corrected chi connectivity index (χ1v) is 9.94. The monoisotopic (exact) mass is 473 g/mol. The Morgan fingerprint density at radius 1 is 1.11 bits per heavy atom. The molecule has 8 heteroatoms. The molecular weight excluding hydrogens is 457 g/mol. The Hall–Kier alpha value is -1.76. The molecular formula is C19H18BrCl2NO4. The van der Waals surface area contributed by atoms with Crippen LogP contribution in [-0.4, -0.2) is 37.0 Å². The maximum absolute atomic E-state index is 12.6. The van der Waals surface area contributed by atoms with Crippen LogP contribution in [0.4, 0.5) is 0 Å². The summed E-state index contributed by atoms with van der Waals surface area (Å²) in [6.45, 7) is 0.554. The average molecular weight is 475 g/mol. The van der Waals surface area contributed by atoms with E-state index < -0.39 is 17.9 Å². The molecule has 0 unspecified atom stereocenters. The molecule has 5 nitrogen and oxygen atoms in total. The molecule has 27 heavy (non-hydrogen) atoms. The van der Waals surface area contributed by atoms with Gasteiger partial charge in [0.25, 0.3) is 5.91 Å². The average Bonchev–Trinajstić information content (AvgIpc) is 2.66. The summed E-state index contributed by atoms with van der Waals surface area (Å²) in [5.41, 5.74) is 0.954. The van der Waals surface area contributed by atoms with Crippen molar-refractivity contribution < 1.29 is 19.1 Å². The highest BCUT2D eigenvalue weighted by Crippen LogP contribution is 2.24. The SMILES string of the molecule is COC(=O)[C@H](Cc1ccc(OCCBr)cc1)NC(=O)c1c(Cl)cccc1Cl. The van der Waals surface area contributed by atoms with Gasteiger partial charge < -0.3 is 14.8 Å². The fourth-order valence-electron chi connectivity index (χ4n) is 2.39. The third-order valence-corrected chi connectivity index (χ3v) is 4.64. The van der Waals surface area contributed by atoms with E-state index in [0.717, 1.165) is 16.6 Å². The van der Waals surface area contributed by atoms with Crippen LogP contribution in [0, 0.1) is 0 Å². The predicted molar refractivity (Wildman–Crippen MR) is 109 cm³/mol. The standard InChI is InChI=1S/C19H18BrCl2NO4/c1-26-19(25)16(11-12-5-7-13(8-6-12)27-10-9-20)23-18(24)17-14(21)3-2-4-15(17)22/h2-8,16H,9-11H2,1H3,(H,23,24)/t16-/m0/s1. The van der Waals surface area contributed by atoms with Crippen LogP contribution < -0.4 is 10.1 Å². The molecule has 0 radical (unpaired) electrons. The van der Waals surface area contributed by atoms with Crippen LogP contribution in [0.5, 0.6) is 5.75 Å². The second-order valence-electron chi connectivity index (χ2n) is 5.53. The van der Waals surface area contributed by atoms with E-state index in [0.29, 0.717) is 6.61 Å². The molecule has 0 aromatic heterocycles. The van der Waals surface area contributed by atoms with Crippen LogP contribution in [0.3, 0.4) is 0 Å². The van der Waals surface area contributed by atoms with Gasteiger partial charge in [-0.3, -0.25) is 4.79 Å². The number of methoxy groups -OCH3 is 1. The van der Waals surface area contributed by atoms with Gasteiger partial charge in [0.2, 0.25) is 0 Å². The first kappa shape index (κ1) is 21.5. The van der Waals surface area contributed by atoms with Crippen LogP contribution in [0.15, 0.2) is 42.5 Å². The predicted octanol–water partition coefficient (Wildman–Crippen LogP) is 4.28. The highest BCUT2D eigenvalue weighted by molar-refractivity contribution is 9.09. The number of nitrogens with one attached hydrogen (secondary N) is 1. The number of rotatable bonds is 8. The van der Waals surface area contributed by atoms with Gasteiger partial charge in [0.1, 0.15) is 11.8 Å². The van der Waals surface area contributed by atoms with Crippen molar-refractivity contribution in [2.75, 3.05) is 19.0 Å². The van der Waals surface area contributed by atoms with Gasteiger partial charge in [-0.15, -0.1) is 0 Å². The minimum atomic E-state index is -0.885. The summed E-state index contributed by atoms with van der Waals surface area (Å²) in [6, 6.07) is 11.1. The van der Waals surface area contributed by atoms with Gasteiger partial charge in [0.15, 0.2) is 0 Å². The van der Waals surface area contributed by atoms with E-state index in [-0.39, 0.29) is 22.0 Å². The molecule has 0 heterocycles. The lowest BCUT2D eigenvalue weighted by molar-refractivity contribution is -0.142. The second-order valence-corrected chi connectivity index (χ2v) is 7.14. The van der Waals surface area contributed by atoms with Gasteiger partial charge >= 0.3 is 5.97 Å². The number of alkyl halides is 1. The zero-order valence-corrected chi connectivity index (χ0v) is 17.6. The summed E-state index contributed by atoms with van der Waals surface area (Å²) in [7, 11) is 1.27. The van der Waals surface area contributed by atoms with Crippen LogP contribution in [0.25, 0.3) is 0 Å². The van der Waals surface area contributed by atoms with Gasteiger partial charge in [-0.05, 0) is 29.8 Å². The Morgan fingerprint density at radius 2 is 1.74 bits per heavy atom. The van der Waals surface area contributed by atoms with Crippen LogP contribution >= 0.6 is 39.1 Å². The zero-order chi connectivity index (χ0) is 19.8. The van der Waals surface area contributed by atoms with Gasteiger partial charge in [0, 0.05) is 11.8 Å². The molecule has 0 bridgehead atoms. The number of amides is 1. The van der Waals surface area contributed by atoms with E-state index in [1.165, 1.54) is 7.11 Å². The van der Waals surface area contributed by atoms with Crippen molar-refractivity contribution >= 4 is 51.0 Å². The molecule has 2 aromatic carbocycles. The zero-order valence-electron chi connectivity index (χ0n) is 14.5. The molecule has 0 aliphatic carbocycles. The Bertz CT molecular complexity index is 779. The van der Waals surface area contributed by atoms with Crippen molar-refractivity contribution in [3.8, 4) is 5.75 Å². The molecule has 0 aliphatic rings. The van der Waals surface area contributed by atoms with Crippen molar-refractivity contribution in [1.29, 1.82) is 0 Å². The molecule has 0 aliphatic heterocycles. The number of hydrogen-bond donors (Lipinski definition) is 1. The van der Waals surface area contributed by atoms with Crippen molar-refractivity contribution in [2.24, 2.45) is 0 Å². The molecule has 2 aromatic rings. The molecule has 1 N–H and O–H groups in total. The molecule has 144 valence electrons. The van der Waals surface area contributed by atoms with Crippen molar-refractivity contribution in [2.45, 2.75) is 12.5 Å². The fraction of sp³-hybridized carbons (Fsp3) is 0.263. The van der Waals surface area contributed by atoms with Crippen molar-refractivity contribution in [1.82, 2.24) is 5.32 Å². The quantitative estimate of drug-likeness (QED) is 0.458. The largest absolute Gasteiger partial charge is 0.493 e. The first-order chi connectivity index (χ1) is 13.0. The van der Waals surface area contributed by atoms with E-state index in [9.17, 15) is 9.59 Å².